The van der Waals surface area contributed by atoms with Crippen LogP contribution in [0.1, 0.15) is 0 Å². The second-order valence-corrected chi connectivity index (χ2v) is 6.30. The van der Waals surface area contributed by atoms with Crippen molar-refractivity contribution in [3.63, 3.8) is 0 Å². The van der Waals surface area contributed by atoms with Gasteiger partial charge in [0.1, 0.15) is 6.73 Å². The molecule has 7 nitrogen and oxygen atoms in total. The van der Waals surface area contributed by atoms with Crippen LogP contribution in [0.3, 0.4) is 0 Å². The number of nitrogens with one attached hydrogen (secondary N) is 1. The second kappa shape index (κ2) is 6.61. The second-order valence-electron chi connectivity index (χ2n) is 2.53. The minimum Gasteiger partial charge on any atom is -0.292 e. The molecule has 0 spiro atoms. The molecule has 0 atom stereocenters. The first-order valence-electron chi connectivity index (χ1n) is 3.86. The van der Waals surface area contributed by atoms with Crippen LogP contribution in [0.2, 0.25) is 0 Å². The molecule has 0 rings (SSSR count). The van der Waals surface area contributed by atoms with Gasteiger partial charge in [-0.1, -0.05) is 0 Å². The van der Waals surface area contributed by atoms with E-state index in [0.29, 0.717) is 0 Å². The summed E-state index contributed by atoms with van der Waals surface area (Å²) in [5.74, 6) is -0.284. The van der Waals surface area contributed by atoms with Gasteiger partial charge in [0.05, 0.1) is 11.5 Å². The van der Waals surface area contributed by atoms with E-state index in [0.717, 1.165) is 0 Å². The summed E-state index contributed by atoms with van der Waals surface area (Å²) in [7, 11) is -7.69. The third-order valence-electron chi connectivity index (χ3n) is 1.29. The first-order chi connectivity index (χ1) is 6.77. The Bertz CT molecular complexity index is 363. The van der Waals surface area contributed by atoms with Crippen molar-refractivity contribution < 1.29 is 25.6 Å². The maximum absolute atomic E-state index is 11.1. The summed E-state index contributed by atoms with van der Waals surface area (Å²) in [4.78, 5) is 0. The fourth-order valence-electron chi connectivity index (χ4n) is 0.636. The lowest BCUT2D eigenvalue weighted by Gasteiger charge is -2.04. The van der Waals surface area contributed by atoms with Crippen LogP contribution in [0.5, 0.6) is 0 Å². The van der Waals surface area contributed by atoms with E-state index in [1.807, 2.05) is 0 Å². The van der Waals surface area contributed by atoms with Gasteiger partial charge in [0.15, 0.2) is 9.84 Å². The van der Waals surface area contributed by atoms with E-state index < -0.39 is 27.0 Å². The highest BCUT2D eigenvalue weighted by Gasteiger charge is 2.09. The number of hydrogen-bond donors (Lipinski definition) is 2. The van der Waals surface area contributed by atoms with Gasteiger partial charge < -0.3 is 0 Å². The first kappa shape index (κ1) is 15.1. The molecule has 0 aliphatic heterocycles. The highest BCUT2D eigenvalue weighted by molar-refractivity contribution is 7.91. The Hall–Kier alpha value is 0.0700. The monoisotopic (exact) mass is 281 g/mol. The Morgan fingerprint density at radius 1 is 1.20 bits per heavy atom. The molecule has 0 fully saturated rings. The third-order valence-corrected chi connectivity index (χ3v) is 3.77. The van der Waals surface area contributed by atoms with Gasteiger partial charge in [-0.2, -0.15) is 8.42 Å². The molecule has 15 heavy (non-hydrogen) atoms. The molecule has 0 aromatic rings. The summed E-state index contributed by atoms with van der Waals surface area (Å²) in [6.07, 6.45) is 0. The minimum absolute atomic E-state index is 0.0177. The Morgan fingerprint density at radius 2 is 1.80 bits per heavy atom. The predicted octanol–water partition coefficient (Wildman–Crippen LogP) is -0.993. The summed E-state index contributed by atoms with van der Waals surface area (Å²) >= 11 is 5.25. The smallest absolute Gasteiger partial charge is 0.292 e. The van der Waals surface area contributed by atoms with E-state index in [9.17, 15) is 16.8 Å². The molecular formula is C5H12ClNO6S2. The Balaban J connectivity index is 3.64. The fraction of sp³-hybridized carbons (Fsp3) is 1.00. The Morgan fingerprint density at radius 3 is 2.27 bits per heavy atom. The molecule has 0 saturated carbocycles. The van der Waals surface area contributed by atoms with Gasteiger partial charge in [-0.15, -0.1) is 11.6 Å². The van der Waals surface area contributed by atoms with Gasteiger partial charge in [-0.3, -0.25) is 9.87 Å². The van der Waals surface area contributed by atoms with Crippen LogP contribution >= 0.6 is 11.6 Å². The van der Waals surface area contributed by atoms with Crippen LogP contribution in [0.25, 0.3) is 0 Å². The molecule has 10 heteroatoms. The maximum Gasteiger partial charge on any atom is 0.398 e. The molecule has 0 unspecified atom stereocenters. The lowest BCUT2D eigenvalue weighted by atomic mass is 10.8. The number of hydrogen-bond acceptors (Lipinski definition) is 6. The van der Waals surface area contributed by atoms with E-state index in [2.05, 4.69) is 9.50 Å². The number of halogens is 1. The van der Waals surface area contributed by atoms with Crippen molar-refractivity contribution in [3.8, 4) is 0 Å². The van der Waals surface area contributed by atoms with Crippen molar-refractivity contribution in [2.24, 2.45) is 0 Å². The average molecular weight is 282 g/mol. The summed E-state index contributed by atoms with van der Waals surface area (Å²) in [6.45, 7) is -0.454. The lowest BCUT2D eigenvalue weighted by Crippen LogP contribution is -2.27. The molecule has 0 saturated heterocycles. The predicted molar refractivity (Wildman–Crippen MR) is 54.9 cm³/mol. The minimum atomic E-state index is -4.48. The van der Waals surface area contributed by atoms with Crippen LogP contribution in [0.15, 0.2) is 0 Å². The van der Waals surface area contributed by atoms with Gasteiger partial charge in [0.25, 0.3) is 0 Å². The van der Waals surface area contributed by atoms with Gasteiger partial charge in [-0.25, -0.2) is 12.6 Å². The summed E-state index contributed by atoms with van der Waals surface area (Å²) < 4.78 is 54.3. The van der Waals surface area contributed by atoms with Crippen molar-refractivity contribution in [3.05, 3.63) is 0 Å². The molecular weight excluding hydrogens is 270 g/mol. The largest absolute Gasteiger partial charge is 0.398 e. The highest BCUT2D eigenvalue weighted by atomic mass is 35.5. The molecule has 0 aliphatic carbocycles. The zero-order chi connectivity index (χ0) is 11.9. The fourth-order valence-corrected chi connectivity index (χ4v) is 2.47. The third kappa shape index (κ3) is 10.4. The normalized spacial score (nSPS) is 12.9. The number of sulfone groups is 1. The Labute approximate surface area is 93.6 Å². The zero-order valence-electron chi connectivity index (χ0n) is 7.72. The molecule has 0 bridgehead atoms. The van der Waals surface area contributed by atoms with Crippen LogP contribution in [-0.2, 0) is 24.4 Å². The van der Waals surface area contributed by atoms with Crippen LogP contribution < -0.4 is 5.32 Å². The van der Waals surface area contributed by atoms with Crippen LogP contribution in [0.4, 0.5) is 0 Å². The van der Waals surface area contributed by atoms with Crippen molar-refractivity contribution in [1.29, 1.82) is 0 Å². The molecule has 0 amide bonds. The molecule has 0 heterocycles. The molecule has 0 aliphatic rings. The quantitative estimate of drug-likeness (QED) is 0.254. The number of alkyl halides is 1. The molecule has 92 valence electrons. The molecule has 0 radical (unpaired) electrons. The van der Waals surface area contributed by atoms with E-state index >= 15 is 0 Å². The molecule has 2 N–H and O–H groups in total. The van der Waals surface area contributed by atoms with Crippen molar-refractivity contribution in [1.82, 2.24) is 5.32 Å². The maximum atomic E-state index is 11.1. The number of rotatable bonds is 8. The van der Waals surface area contributed by atoms with Gasteiger partial charge >= 0.3 is 10.4 Å². The lowest BCUT2D eigenvalue weighted by molar-refractivity contribution is 0.249. The summed E-state index contributed by atoms with van der Waals surface area (Å²) in [5.41, 5.74) is 0. The highest BCUT2D eigenvalue weighted by Crippen LogP contribution is 1.91. The average Bonchev–Trinajstić information content (AvgIpc) is 2.00. The SMILES string of the molecule is O=S(=O)(CCCl)CCNCOS(=O)(=O)O. The first-order valence-corrected chi connectivity index (χ1v) is 7.58. The topological polar surface area (TPSA) is 110 Å². The van der Waals surface area contributed by atoms with E-state index in [1.165, 1.54) is 0 Å². The summed E-state index contributed by atoms with van der Waals surface area (Å²) in [6, 6.07) is 0. The van der Waals surface area contributed by atoms with Crippen molar-refractivity contribution >= 4 is 31.8 Å². The molecule has 0 aromatic carbocycles. The van der Waals surface area contributed by atoms with Gasteiger partial charge in [-0.05, 0) is 0 Å². The van der Waals surface area contributed by atoms with Crippen LogP contribution in [0, 0.1) is 0 Å². The van der Waals surface area contributed by atoms with Gasteiger partial charge in [0.2, 0.25) is 0 Å². The zero-order valence-corrected chi connectivity index (χ0v) is 10.1. The van der Waals surface area contributed by atoms with Crippen LogP contribution in [-0.4, -0.2) is 52.0 Å². The van der Waals surface area contributed by atoms with E-state index in [-0.39, 0.29) is 23.9 Å². The van der Waals surface area contributed by atoms with Crippen molar-refractivity contribution in [2.75, 3.05) is 30.7 Å². The van der Waals surface area contributed by atoms with E-state index in [4.69, 9.17) is 16.2 Å². The Kier molecular flexibility index (Phi) is 6.64. The van der Waals surface area contributed by atoms with E-state index in [1.54, 1.807) is 0 Å². The standard InChI is InChI=1S/C5H12ClNO6S2/c6-1-3-14(8,9)4-2-7-5-13-15(10,11)12/h7H,1-5H2,(H,10,11,12). The van der Waals surface area contributed by atoms with Gasteiger partial charge in [0, 0.05) is 12.4 Å². The summed E-state index contributed by atoms with van der Waals surface area (Å²) in [5, 5.41) is 2.37. The molecule has 0 aromatic heterocycles. The van der Waals surface area contributed by atoms with Crippen molar-refractivity contribution in [2.45, 2.75) is 0 Å².